The molecule has 1 fully saturated rings. The number of piperazine rings is 1. The van der Waals surface area contributed by atoms with Gasteiger partial charge in [-0.1, -0.05) is 19.1 Å². The lowest BCUT2D eigenvalue weighted by Crippen LogP contribution is -2.49. The Morgan fingerprint density at radius 2 is 1.89 bits per heavy atom. The number of ether oxygens (including phenoxy) is 1. The molecule has 1 aromatic carbocycles. The molecule has 0 saturated carbocycles. The number of carbonyl (C=O) groups is 1. The fraction of sp³-hybridized carbons (Fsp3) is 0.400. The first kappa shape index (κ1) is 18.2. The van der Waals surface area contributed by atoms with Crippen LogP contribution in [0.25, 0.3) is 5.78 Å². The van der Waals surface area contributed by atoms with Gasteiger partial charge in [-0.15, -0.1) is 10.2 Å². The minimum atomic E-state index is 0.153. The smallest absolute Gasteiger partial charge is 0.256 e. The second-order valence-electron chi connectivity index (χ2n) is 6.85. The van der Waals surface area contributed by atoms with Gasteiger partial charge in [-0.2, -0.15) is 4.98 Å². The molecule has 28 heavy (non-hydrogen) atoms. The van der Waals surface area contributed by atoms with Crippen LogP contribution in [-0.4, -0.2) is 63.7 Å². The number of carbonyl (C=O) groups excluding carboxylic acids is 1. The third-order valence-corrected chi connectivity index (χ3v) is 5.18. The molecule has 0 radical (unpaired) electrons. The Morgan fingerprint density at radius 3 is 2.57 bits per heavy atom. The minimum Gasteiger partial charge on any atom is -0.497 e. The molecule has 1 aliphatic heterocycles. The van der Waals surface area contributed by atoms with Gasteiger partial charge in [0, 0.05) is 37.9 Å². The Bertz CT molecular complexity index is 960. The Labute approximate surface area is 163 Å². The molecule has 1 aliphatic rings. The van der Waals surface area contributed by atoms with Gasteiger partial charge in [0.05, 0.1) is 13.5 Å². The van der Waals surface area contributed by atoms with Gasteiger partial charge in [-0.05, 0) is 24.1 Å². The number of fused-ring (bicyclic) bond motifs is 1. The minimum absolute atomic E-state index is 0.153. The summed E-state index contributed by atoms with van der Waals surface area (Å²) in [4.78, 5) is 21.4. The second kappa shape index (κ2) is 7.84. The summed E-state index contributed by atoms with van der Waals surface area (Å²) in [5, 5.41) is 8.04. The summed E-state index contributed by atoms with van der Waals surface area (Å²) in [6.45, 7) is 5.00. The maximum atomic E-state index is 12.6. The molecule has 0 N–H and O–H groups in total. The first-order chi connectivity index (χ1) is 13.7. The van der Waals surface area contributed by atoms with E-state index in [0.29, 0.717) is 25.3 Å². The number of aromatic nitrogens is 4. The van der Waals surface area contributed by atoms with Crippen molar-refractivity contribution in [2.75, 3.05) is 38.2 Å². The number of amides is 1. The second-order valence-corrected chi connectivity index (χ2v) is 6.85. The number of benzene rings is 1. The highest BCUT2D eigenvalue weighted by Gasteiger charge is 2.23. The van der Waals surface area contributed by atoms with Gasteiger partial charge < -0.3 is 14.5 Å². The molecule has 4 rings (SSSR count). The number of hydrogen-bond donors (Lipinski definition) is 0. The molecule has 1 saturated heterocycles. The van der Waals surface area contributed by atoms with Gasteiger partial charge >= 0.3 is 0 Å². The first-order valence-electron chi connectivity index (χ1n) is 9.53. The van der Waals surface area contributed by atoms with Crippen LogP contribution < -0.4 is 9.64 Å². The van der Waals surface area contributed by atoms with E-state index in [-0.39, 0.29) is 5.91 Å². The molecule has 8 nitrogen and oxygen atoms in total. The molecular weight excluding hydrogens is 356 g/mol. The number of anilines is 1. The van der Waals surface area contributed by atoms with E-state index in [1.165, 1.54) is 0 Å². The van der Waals surface area contributed by atoms with E-state index in [1.54, 1.807) is 13.4 Å². The summed E-state index contributed by atoms with van der Waals surface area (Å²) in [6.07, 6.45) is 2.99. The lowest BCUT2D eigenvalue weighted by Gasteiger charge is -2.35. The molecule has 0 bridgehead atoms. The quantitative estimate of drug-likeness (QED) is 0.669. The van der Waals surface area contributed by atoms with E-state index in [9.17, 15) is 4.79 Å². The van der Waals surface area contributed by atoms with Crippen LogP contribution in [-0.2, 0) is 17.6 Å². The zero-order valence-electron chi connectivity index (χ0n) is 16.2. The molecule has 0 aliphatic carbocycles. The molecule has 1 amide bonds. The topological polar surface area (TPSA) is 75.9 Å². The average molecular weight is 380 g/mol. The van der Waals surface area contributed by atoms with Gasteiger partial charge in [0.1, 0.15) is 17.9 Å². The molecule has 2 aromatic heterocycles. The van der Waals surface area contributed by atoms with Gasteiger partial charge in [-0.25, -0.2) is 0 Å². The lowest BCUT2D eigenvalue weighted by molar-refractivity contribution is -0.130. The summed E-state index contributed by atoms with van der Waals surface area (Å²) in [7, 11) is 1.64. The van der Waals surface area contributed by atoms with Gasteiger partial charge in [0.2, 0.25) is 5.91 Å². The van der Waals surface area contributed by atoms with E-state index in [4.69, 9.17) is 4.74 Å². The third-order valence-electron chi connectivity index (χ3n) is 5.18. The number of rotatable bonds is 5. The number of hydrogen-bond acceptors (Lipinski definition) is 6. The highest BCUT2D eigenvalue weighted by Crippen LogP contribution is 2.18. The normalized spacial score (nSPS) is 14.5. The monoisotopic (exact) mass is 380 g/mol. The van der Waals surface area contributed by atoms with Crippen LogP contribution >= 0.6 is 0 Å². The fourth-order valence-electron chi connectivity index (χ4n) is 3.51. The maximum Gasteiger partial charge on any atom is 0.256 e. The van der Waals surface area contributed by atoms with Crippen LogP contribution in [0.2, 0.25) is 0 Å². The van der Waals surface area contributed by atoms with Crippen molar-refractivity contribution in [2.24, 2.45) is 0 Å². The summed E-state index contributed by atoms with van der Waals surface area (Å²) in [5.74, 6) is 2.47. The number of nitrogens with zero attached hydrogens (tertiary/aromatic N) is 6. The van der Waals surface area contributed by atoms with Gasteiger partial charge in [-0.3, -0.25) is 9.20 Å². The lowest BCUT2D eigenvalue weighted by atomic mass is 10.1. The average Bonchev–Trinajstić information content (AvgIpc) is 3.22. The van der Waals surface area contributed by atoms with Crippen molar-refractivity contribution in [1.82, 2.24) is 24.5 Å². The molecule has 0 atom stereocenters. The van der Waals surface area contributed by atoms with E-state index >= 15 is 0 Å². The molecule has 146 valence electrons. The maximum absolute atomic E-state index is 12.6. The standard InChI is InChI=1S/C20H24N6O2/c1-3-16-13-18(22-20-23-21-14-26(16)20)24-8-10-25(11-9-24)19(27)12-15-4-6-17(28-2)7-5-15/h4-7,13-14H,3,8-12H2,1-2H3. The van der Waals surface area contributed by atoms with Gasteiger partial charge in [0.15, 0.2) is 0 Å². The van der Waals surface area contributed by atoms with Crippen molar-refractivity contribution in [3.63, 3.8) is 0 Å². The van der Waals surface area contributed by atoms with Crippen LogP contribution in [0.3, 0.4) is 0 Å². The Kier molecular flexibility index (Phi) is 5.10. The van der Waals surface area contributed by atoms with Crippen LogP contribution in [0, 0.1) is 0 Å². The Hall–Kier alpha value is -3.16. The number of methoxy groups -OCH3 is 1. The molecule has 0 unspecified atom stereocenters. The summed E-state index contributed by atoms with van der Waals surface area (Å²) in [5.41, 5.74) is 2.13. The van der Waals surface area contributed by atoms with Crippen molar-refractivity contribution >= 4 is 17.5 Å². The van der Waals surface area contributed by atoms with Crippen molar-refractivity contribution in [3.05, 3.63) is 47.9 Å². The zero-order valence-corrected chi connectivity index (χ0v) is 16.2. The predicted molar refractivity (Wildman–Crippen MR) is 106 cm³/mol. The van der Waals surface area contributed by atoms with Crippen LogP contribution in [0.15, 0.2) is 36.7 Å². The van der Waals surface area contributed by atoms with E-state index in [1.807, 2.05) is 33.6 Å². The Balaban J connectivity index is 1.39. The Morgan fingerprint density at radius 1 is 1.14 bits per heavy atom. The molecule has 8 heteroatoms. The van der Waals surface area contributed by atoms with Crippen molar-refractivity contribution in [2.45, 2.75) is 19.8 Å². The van der Waals surface area contributed by atoms with E-state index in [0.717, 1.165) is 42.3 Å². The molecule has 0 spiro atoms. The zero-order chi connectivity index (χ0) is 19.5. The van der Waals surface area contributed by atoms with Crippen molar-refractivity contribution in [3.8, 4) is 5.75 Å². The predicted octanol–water partition coefficient (Wildman–Crippen LogP) is 1.59. The van der Waals surface area contributed by atoms with Crippen LogP contribution in [0.4, 0.5) is 5.82 Å². The van der Waals surface area contributed by atoms with Crippen LogP contribution in [0.1, 0.15) is 18.2 Å². The van der Waals surface area contributed by atoms with Crippen molar-refractivity contribution in [1.29, 1.82) is 0 Å². The first-order valence-corrected chi connectivity index (χ1v) is 9.53. The van der Waals surface area contributed by atoms with Crippen molar-refractivity contribution < 1.29 is 9.53 Å². The largest absolute Gasteiger partial charge is 0.497 e. The highest BCUT2D eigenvalue weighted by molar-refractivity contribution is 5.79. The van der Waals surface area contributed by atoms with E-state index < -0.39 is 0 Å². The molecule has 3 heterocycles. The summed E-state index contributed by atoms with van der Waals surface area (Å²) in [6, 6.07) is 9.75. The SMILES string of the molecule is CCc1cc(N2CCN(C(=O)Cc3ccc(OC)cc3)CC2)nc2nncn12. The summed E-state index contributed by atoms with van der Waals surface area (Å²) >= 11 is 0. The highest BCUT2D eigenvalue weighted by atomic mass is 16.5. The van der Waals surface area contributed by atoms with E-state index in [2.05, 4.69) is 33.1 Å². The summed E-state index contributed by atoms with van der Waals surface area (Å²) < 4.78 is 7.08. The fourth-order valence-corrected chi connectivity index (χ4v) is 3.51. The van der Waals surface area contributed by atoms with Gasteiger partial charge in [0.25, 0.3) is 5.78 Å². The molecule has 3 aromatic rings. The third kappa shape index (κ3) is 3.62. The molecular formula is C20H24N6O2. The number of aryl methyl sites for hydroxylation is 1. The van der Waals surface area contributed by atoms with Crippen LogP contribution in [0.5, 0.6) is 5.75 Å².